The molecule has 4 rings (SSSR count). The first-order valence-corrected chi connectivity index (χ1v) is 8.62. The first kappa shape index (κ1) is 17.5. The lowest BCUT2D eigenvalue weighted by Gasteiger charge is -2.16. The molecule has 28 heavy (non-hydrogen) atoms. The molecule has 138 valence electrons. The highest BCUT2D eigenvalue weighted by molar-refractivity contribution is 6.35. The minimum Gasteiger partial charge on any atom is -0.495 e. The van der Waals surface area contributed by atoms with E-state index in [9.17, 15) is 14.4 Å². The van der Waals surface area contributed by atoms with E-state index >= 15 is 0 Å². The van der Waals surface area contributed by atoms with Crippen molar-refractivity contribution in [3.8, 4) is 5.75 Å². The SMILES string of the molecule is COc1ccccc1N1C(=O)c2ccc(C(=O)Nc3ccccc3)cc2C1=O. The number of hydrogen-bond acceptors (Lipinski definition) is 4. The summed E-state index contributed by atoms with van der Waals surface area (Å²) in [5, 5.41) is 2.77. The zero-order valence-electron chi connectivity index (χ0n) is 15.0. The number of methoxy groups -OCH3 is 1. The number of amides is 3. The molecule has 0 atom stereocenters. The Balaban J connectivity index is 1.67. The van der Waals surface area contributed by atoms with E-state index in [0.29, 0.717) is 22.7 Å². The van der Waals surface area contributed by atoms with E-state index in [2.05, 4.69) is 5.32 Å². The van der Waals surface area contributed by atoms with Crippen LogP contribution in [0.4, 0.5) is 11.4 Å². The number of rotatable bonds is 4. The summed E-state index contributed by atoms with van der Waals surface area (Å²) in [6.45, 7) is 0. The van der Waals surface area contributed by atoms with Crippen molar-refractivity contribution in [2.24, 2.45) is 0 Å². The van der Waals surface area contributed by atoms with Crippen LogP contribution >= 0.6 is 0 Å². The van der Waals surface area contributed by atoms with Crippen molar-refractivity contribution in [3.05, 3.63) is 89.5 Å². The minimum atomic E-state index is -0.487. The smallest absolute Gasteiger partial charge is 0.266 e. The van der Waals surface area contributed by atoms with E-state index in [1.807, 2.05) is 18.2 Å². The Hall–Kier alpha value is -3.93. The number of imide groups is 1. The van der Waals surface area contributed by atoms with Crippen molar-refractivity contribution < 1.29 is 19.1 Å². The molecule has 3 aromatic carbocycles. The van der Waals surface area contributed by atoms with Crippen LogP contribution in [0.2, 0.25) is 0 Å². The average molecular weight is 372 g/mol. The fourth-order valence-corrected chi connectivity index (χ4v) is 3.14. The second kappa shape index (κ2) is 7.00. The van der Waals surface area contributed by atoms with Crippen molar-refractivity contribution in [2.45, 2.75) is 0 Å². The molecular formula is C22H16N2O4. The predicted octanol–water partition coefficient (Wildman–Crippen LogP) is 3.75. The Labute approximate surface area is 161 Å². The summed E-state index contributed by atoms with van der Waals surface area (Å²) in [6.07, 6.45) is 0. The molecule has 6 heteroatoms. The van der Waals surface area contributed by atoms with Gasteiger partial charge in [-0.05, 0) is 42.5 Å². The van der Waals surface area contributed by atoms with Gasteiger partial charge in [-0.25, -0.2) is 4.90 Å². The molecule has 0 unspecified atom stereocenters. The number of fused-ring (bicyclic) bond motifs is 1. The van der Waals surface area contributed by atoms with Crippen LogP contribution in [0.15, 0.2) is 72.8 Å². The molecule has 0 fully saturated rings. The van der Waals surface area contributed by atoms with Crippen molar-refractivity contribution in [2.75, 3.05) is 17.3 Å². The van der Waals surface area contributed by atoms with Crippen molar-refractivity contribution in [1.82, 2.24) is 0 Å². The maximum atomic E-state index is 12.9. The molecular weight excluding hydrogens is 356 g/mol. The lowest BCUT2D eigenvalue weighted by Crippen LogP contribution is -2.29. The van der Waals surface area contributed by atoms with E-state index in [0.717, 1.165) is 4.90 Å². The molecule has 0 spiro atoms. The third-order valence-electron chi connectivity index (χ3n) is 4.51. The van der Waals surface area contributed by atoms with Gasteiger partial charge in [0.1, 0.15) is 5.75 Å². The van der Waals surface area contributed by atoms with Crippen LogP contribution in [0.1, 0.15) is 31.1 Å². The van der Waals surface area contributed by atoms with Gasteiger partial charge in [-0.15, -0.1) is 0 Å². The second-order valence-electron chi connectivity index (χ2n) is 6.20. The predicted molar refractivity (Wildman–Crippen MR) is 105 cm³/mol. The van der Waals surface area contributed by atoms with Crippen LogP contribution in [0.25, 0.3) is 0 Å². The van der Waals surface area contributed by atoms with Crippen LogP contribution in [-0.4, -0.2) is 24.8 Å². The largest absolute Gasteiger partial charge is 0.495 e. The van der Waals surface area contributed by atoms with Crippen molar-refractivity contribution in [3.63, 3.8) is 0 Å². The van der Waals surface area contributed by atoms with Gasteiger partial charge in [-0.2, -0.15) is 0 Å². The van der Waals surface area contributed by atoms with Gasteiger partial charge < -0.3 is 10.1 Å². The van der Waals surface area contributed by atoms with Crippen molar-refractivity contribution >= 4 is 29.1 Å². The van der Waals surface area contributed by atoms with Gasteiger partial charge in [0.2, 0.25) is 0 Å². The summed E-state index contributed by atoms with van der Waals surface area (Å²) < 4.78 is 5.27. The zero-order chi connectivity index (χ0) is 19.7. The Morgan fingerprint density at radius 1 is 0.857 bits per heavy atom. The number of carbonyl (C=O) groups is 3. The average Bonchev–Trinajstić information content (AvgIpc) is 2.98. The molecule has 0 saturated carbocycles. The molecule has 0 bridgehead atoms. The highest BCUT2D eigenvalue weighted by Gasteiger charge is 2.38. The number of carbonyl (C=O) groups excluding carboxylic acids is 3. The topological polar surface area (TPSA) is 75.7 Å². The maximum Gasteiger partial charge on any atom is 0.266 e. The summed E-state index contributed by atoms with van der Waals surface area (Å²) in [7, 11) is 1.48. The van der Waals surface area contributed by atoms with Gasteiger partial charge in [0.25, 0.3) is 17.7 Å². The molecule has 1 aliphatic heterocycles. The molecule has 1 aliphatic rings. The first-order valence-electron chi connectivity index (χ1n) is 8.62. The standard InChI is InChI=1S/C22H16N2O4/c1-28-19-10-6-5-9-18(19)24-21(26)16-12-11-14(13-17(16)22(24)27)20(25)23-15-7-3-2-4-8-15/h2-13H,1H3,(H,23,25). The van der Waals surface area contributed by atoms with Gasteiger partial charge in [0, 0.05) is 11.3 Å². The molecule has 3 amide bonds. The molecule has 0 radical (unpaired) electrons. The van der Waals surface area contributed by atoms with Gasteiger partial charge in [0.15, 0.2) is 0 Å². The van der Waals surface area contributed by atoms with Gasteiger partial charge in [-0.1, -0.05) is 30.3 Å². The van der Waals surface area contributed by atoms with E-state index in [1.165, 1.54) is 25.3 Å². The number of nitrogens with one attached hydrogen (secondary N) is 1. The Kier molecular flexibility index (Phi) is 4.37. The Morgan fingerprint density at radius 2 is 1.54 bits per heavy atom. The van der Waals surface area contributed by atoms with Crippen LogP contribution in [0.3, 0.4) is 0 Å². The van der Waals surface area contributed by atoms with Crippen LogP contribution in [-0.2, 0) is 0 Å². The van der Waals surface area contributed by atoms with E-state index in [1.54, 1.807) is 36.4 Å². The van der Waals surface area contributed by atoms with Crippen LogP contribution in [0, 0.1) is 0 Å². The molecule has 0 saturated heterocycles. The monoisotopic (exact) mass is 372 g/mol. The molecule has 0 aliphatic carbocycles. The second-order valence-corrected chi connectivity index (χ2v) is 6.20. The number of para-hydroxylation sites is 3. The molecule has 3 aromatic rings. The van der Waals surface area contributed by atoms with Crippen LogP contribution < -0.4 is 15.0 Å². The first-order chi connectivity index (χ1) is 13.6. The molecule has 1 heterocycles. The Bertz CT molecular complexity index is 1090. The summed E-state index contributed by atoms with van der Waals surface area (Å²) in [6, 6.07) is 20.3. The quantitative estimate of drug-likeness (QED) is 0.708. The van der Waals surface area contributed by atoms with E-state index < -0.39 is 11.8 Å². The maximum absolute atomic E-state index is 12.9. The lowest BCUT2D eigenvalue weighted by atomic mass is 10.1. The van der Waals surface area contributed by atoms with Gasteiger partial charge >= 0.3 is 0 Å². The number of nitrogens with zero attached hydrogens (tertiary/aromatic N) is 1. The normalized spacial score (nSPS) is 12.7. The van der Waals surface area contributed by atoms with Crippen LogP contribution in [0.5, 0.6) is 5.75 Å². The highest BCUT2D eigenvalue weighted by Crippen LogP contribution is 2.34. The summed E-state index contributed by atoms with van der Waals surface area (Å²) in [5.74, 6) is -0.873. The fraction of sp³-hybridized carbons (Fsp3) is 0.0455. The molecule has 1 N–H and O–H groups in total. The zero-order valence-corrected chi connectivity index (χ0v) is 15.0. The van der Waals surface area contributed by atoms with Crippen molar-refractivity contribution in [1.29, 1.82) is 0 Å². The molecule has 6 nitrogen and oxygen atoms in total. The summed E-state index contributed by atoms with van der Waals surface area (Å²) in [5.41, 5.74) is 1.76. The third kappa shape index (κ3) is 2.91. The number of ether oxygens (including phenoxy) is 1. The minimum absolute atomic E-state index is 0.191. The fourth-order valence-electron chi connectivity index (χ4n) is 3.14. The summed E-state index contributed by atoms with van der Waals surface area (Å²) >= 11 is 0. The summed E-state index contributed by atoms with van der Waals surface area (Å²) in [4.78, 5) is 39.3. The Morgan fingerprint density at radius 3 is 2.29 bits per heavy atom. The number of anilines is 2. The molecule has 0 aromatic heterocycles. The van der Waals surface area contributed by atoms with E-state index in [-0.39, 0.29) is 17.0 Å². The van der Waals surface area contributed by atoms with E-state index in [4.69, 9.17) is 4.74 Å². The third-order valence-corrected chi connectivity index (χ3v) is 4.51. The lowest BCUT2D eigenvalue weighted by molar-refractivity contribution is 0.0924. The van der Waals surface area contributed by atoms with Gasteiger partial charge in [-0.3, -0.25) is 14.4 Å². The number of hydrogen-bond donors (Lipinski definition) is 1. The highest BCUT2D eigenvalue weighted by atomic mass is 16.5. The van der Waals surface area contributed by atoms with Gasteiger partial charge in [0.05, 0.1) is 23.9 Å². The number of benzene rings is 3.